The Hall–Kier alpha value is -2.40. The molecule has 0 saturated heterocycles. The van der Waals surface area contributed by atoms with Gasteiger partial charge in [0.15, 0.2) is 6.61 Å². The minimum Gasteiger partial charge on any atom is -0.484 e. The fourth-order valence-corrected chi connectivity index (χ4v) is 2.19. The third-order valence-corrected chi connectivity index (χ3v) is 3.52. The number of rotatable bonds is 8. The van der Waals surface area contributed by atoms with Crippen LogP contribution < -0.4 is 10.1 Å². The normalized spacial score (nSPS) is 11.7. The molecule has 0 bridgehead atoms. The molecule has 0 spiro atoms. The molecule has 0 fully saturated rings. The summed E-state index contributed by atoms with van der Waals surface area (Å²) in [5.74, 6) is 0.440. The van der Waals surface area contributed by atoms with Crippen molar-refractivity contribution in [2.45, 2.75) is 13.3 Å². The lowest BCUT2D eigenvalue weighted by atomic mass is 10.0. The Morgan fingerprint density at radius 2 is 2.04 bits per heavy atom. The molecule has 2 N–H and O–H groups in total. The molecule has 1 atom stereocenters. The lowest BCUT2D eigenvalue weighted by Gasteiger charge is -2.15. The van der Waals surface area contributed by atoms with Crippen molar-refractivity contribution in [1.82, 2.24) is 10.3 Å². The maximum Gasteiger partial charge on any atom is 0.257 e. The van der Waals surface area contributed by atoms with Gasteiger partial charge in [-0.1, -0.05) is 24.3 Å². The molecule has 1 unspecified atom stereocenters. The summed E-state index contributed by atoms with van der Waals surface area (Å²) in [4.78, 5) is 16.1. The zero-order chi connectivity index (χ0) is 16.5. The maximum atomic E-state index is 11.9. The Labute approximate surface area is 136 Å². The number of carbonyl (C=O) groups excluding carboxylic acids is 1. The van der Waals surface area contributed by atoms with Crippen LogP contribution in [0.1, 0.15) is 11.3 Å². The van der Waals surface area contributed by atoms with Gasteiger partial charge in [0.05, 0.1) is 0 Å². The summed E-state index contributed by atoms with van der Waals surface area (Å²) in [5, 5.41) is 12.2. The number of benzene rings is 1. The fraction of sp³-hybridized carbons (Fsp3) is 0.333. The molecule has 0 saturated carbocycles. The largest absolute Gasteiger partial charge is 0.484 e. The molecule has 1 aromatic carbocycles. The number of hydrogen-bond donors (Lipinski definition) is 2. The van der Waals surface area contributed by atoms with Gasteiger partial charge in [0, 0.05) is 31.0 Å². The standard InChI is InChI=1S/C18H22N2O3/c1-14-6-2-3-8-17(14)23-13-18(22)20-11-15(12-21)10-16-7-4-5-9-19-16/h2-9,15,21H,10-13H2,1H3,(H,20,22). The van der Waals surface area contributed by atoms with Crippen LogP contribution in [0.4, 0.5) is 0 Å². The van der Waals surface area contributed by atoms with Gasteiger partial charge in [-0.3, -0.25) is 9.78 Å². The average molecular weight is 314 g/mol. The molecule has 1 amide bonds. The van der Waals surface area contributed by atoms with Crippen LogP contribution in [0.2, 0.25) is 0 Å². The molecule has 5 nitrogen and oxygen atoms in total. The lowest BCUT2D eigenvalue weighted by Crippen LogP contribution is -2.35. The molecule has 0 radical (unpaired) electrons. The zero-order valence-corrected chi connectivity index (χ0v) is 13.2. The highest BCUT2D eigenvalue weighted by atomic mass is 16.5. The van der Waals surface area contributed by atoms with Gasteiger partial charge in [0.1, 0.15) is 5.75 Å². The van der Waals surface area contributed by atoms with Crippen molar-refractivity contribution < 1.29 is 14.6 Å². The van der Waals surface area contributed by atoms with E-state index in [0.29, 0.717) is 18.7 Å². The molecular weight excluding hydrogens is 292 g/mol. The summed E-state index contributed by atoms with van der Waals surface area (Å²) < 4.78 is 5.50. The molecule has 0 aliphatic carbocycles. The summed E-state index contributed by atoms with van der Waals surface area (Å²) in [6, 6.07) is 13.2. The average Bonchev–Trinajstić information content (AvgIpc) is 2.58. The number of pyridine rings is 1. The van der Waals surface area contributed by atoms with Crippen molar-refractivity contribution in [3.63, 3.8) is 0 Å². The first-order valence-corrected chi connectivity index (χ1v) is 7.65. The maximum absolute atomic E-state index is 11.9. The first-order valence-electron chi connectivity index (χ1n) is 7.65. The van der Waals surface area contributed by atoms with Gasteiger partial charge in [-0.25, -0.2) is 0 Å². The summed E-state index contributed by atoms with van der Waals surface area (Å²) in [5.41, 5.74) is 1.89. The minimum atomic E-state index is -0.201. The van der Waals surface area contributed by atoms with E-state index >= 15 is 0 Å². The van der Waals surface area contributed by atoms with Gasteiger partial charge in [-0.2, -0.15) is 0 Å². The smallest absolute Gasteiger partial charge is 0.257 e. The molecular formula is C18H22N2O3. The van der Waals surface area contributed by atoms with Gasteiger partial charge in [-0.15, -0.1) is 0 Å². The number of aromatic nitrogens is 1. The monoisotopic (exact) mass is 314 g/mol. The van der Waals surface area contributed by atoms with Crippen LogP contribution >= 0.6 is 0 Å². The van der Waals surface area contributed by atoms with Gasteiger partial charge in [0.25, 0.3) is 5.91 Å². The Balaban J connectivity index is 1.75. The number of aryl methyl sites for hydroxylation is 1. The Morgan fingerprint density at radius 3 is 2.74 bits per heavy atom. The number of nitrogens with zero attached hydrogens (tertiary/aromatic N) is 1. The van der Waals surface area contributed by atoms with Gasteiger partial charge >= 0.3 is 0 Å². The molecule has 2 aromatic rings. The summed E-state index contributed by atoms with van der Waals surface area (Å²) in [7, 11) is 0. The van der Waals surface area contributed by atoms with E-state index in [9.17, 15) is 9.90 Å². The van der Waals surface area contributed by atoms with Crippen LogP contribution in [-0.4, -0.2) is 35.8 Å². The Bertz CT molecular complexity index is 617. The zero-order valence-electron chi connectivity index (χ0n) is 13.2. The van der Waals surface area contributed by atoms with Crippen LogP contribution in [-0.2, 0) is 11.2 Å². The fourth-order valence-electron chi connectivity index (χ4n) is 2.19. The van der Waals surface area contributed by atoms with Gasteiger partial charge in [0.2, 0.25) is 0 Å². The predicted octanol–water partition coefficient (Wildman–Crippen LogP) is 1.74. The van der Waals surface area contributed by atoms with E-state index < -0.39 is 0 Å². The van der Waals surface area contributed by atoms with E-state index in [1.807, 2.05) is 49.4 Å². The number of nitrogens with one attached hydrogen (secondary N) is 1. The minimum absolute atomic E-state index is 0.00446. The van der Waals surface area contributed by atoms with Crippen LogP contribution in [0.25, 0.3) is 0 Å². The number of aliphatic hydroxyl groups is 1. The van der Waals surface area contributed by atoms with Crippen molar-refractivity contribution >= 4 is 5.91 Å². The van der Waals surface area contributed by atoms with Crippen molar-refractivity contribution in [3.05, 3.63) is 59.9 Å². The predicted molar refractivity (Wildman–Crippen MR) is 88.2 cm³/mol. The number of para-hydroxylation sites is 1. The third kappa shape index (κ3) is 5.71. The highest BCUT2D eigenvalue weighted by Gasteiger charge is 2.12. The van der Waals surface area contributed by atoms with Crippen LogP contribution in [0.3, 0.4) is 0 Å². The highest BCUT2D eigenvalue weighted by molar-refractivity contribution is 5.77. The van der Waals surface area contributed by atoms with E-state index in [1.165, 1.54) is 0 Å². The number of amides is 1. The second-order valence-corrected chi connectivity index (χ2v) is 5.43. The summed E-state index contributed by atoms with van der Waals surface area (Å²) >= 11 is 0. The molecule has 1 heterocycles. The van der Waals surface area contributed by atoms with Crippen molar-refractivity contribution in [1.29, 1.82) is 0 Å². The number of ether oxygens (including phenoxy) is 1. The first kappa shape index (κ1) is 17.0. The SMILES string of the molecule is Cc1ccccc1OCC(=O)NCC(CO)Cc1ccccn1. The van der Waals surface area contributed by atoms with E-state index in [4.69, 9.17) is 4.74 Å². The third-order valence-electron chi connectivity index (χ3n) is 3.52. The van der Waals surface area contributed by atoms with Crippen LogP contribution in [0.15, 0.2) is 48.7 Å². The van der Waals surface area contributed by atoms with Crippen molar-refractivity contribution in [2.75, 3.05) is 19.8 Å². The molecule has 1 aromatic heterocycles. The Kier molecular flexibility index (Phi) is 6.56. The van der Waals surface area contributed by atoms with Gasteiger partial charge < -0.3 is 15.2 Å². The number of hydrogen-bond acceptors (Lipinski definition) is 4. The second kappa shape index (κ2) is 8.90. The quantitative estimate of drug-likeness (QED) is 0.778. The molecule has 0 aliphatic heterocycles. The topological polar surface area (TPSA) is 71.5 Å². The van der Waals surface area contributed by atoms with Gasteiger partial charge in [-0.05, 0) is 37.1 Å². The summed E-state index contributed by atoms with van der Waals surface area (Å²) in [6.07, 6.45) is 2.34. The first-order chi connectivity index (χ1) is 11.2. The van der Waals surface area contributed by atoms with E-state index in [2.05, 4.69) is 10.3 Å². The van der Waals surface area contributed by atoms with E-state index in [-0.39, 0.29) is 25.0 Å². The molecule has 0 aliphatic rings. The van der Waals surface area contributed by atoms with Crippen LogP contribution in [0, 0.1) is 12.8 Å². The highest BCUT2D eigenvalue weighted by Crippen LogP contribution is 2.15. The lowest BCUT2D eigenvalue weighted by molar-refractivity contribution is -0.123. The molecule has 23 heavy (non-hydrogen) atoms. The van der Waals surface area contributed by atoms with Crippen LogP contribution in [0.5, 0.6) is 5.75 Å². The number of carbonyl (C=O) groups is 1. The van der Waals surface area contributed by atoms with E-state index in [0.717, 1.165) is 11.3 Å². The molecule has 5 heteroatoms. The second-order valence-electron chi connectivity index (χ2n) is 5.43. The molecule has 2 rings (SSSR count). The Morgan fingerprint density at radius 1 is 1.26 bits per heavy atom. The molecule has 122 valence electrons. The van der Waals surface area contributed by atoms with Crippen molar-refractivity contribution in [3.8, 4) is 5.75 Å². The summed E-state index contributed by atoms with van der Waals surface area (Å²) in [6.45, 7) is 2.28. The van der Waals surface area contributed by atoms with E-state index in [1.54, 1.807) is 6.20 Å². The number of aliphatic hydroxyl groups excluding tert-OH is 1. The van der Waals surface area contributed by atoms with Crippen molar-refractivity contribution in [2.24, 2.45) is 5.92 Å².